The zero-order chi connectivity index (χ0) is 18.7. The smallest absolute Gasteiger partial charge is 0.266 e. The number of fused-ring (bicyclic) bond motifs is 1. The van der Waals surface area contributed by atoms with Gasteiger partial charge in [-0.15, -0.1) is 0 Å². The SMILES string of the molecule is Cc1cc2c(c(N3CCCCC3)n1)C(=O)N(CN(CCO)CCO)C2=O. The van der Waals surface area contributed by atoms with Crippen LogP contribution in [0.3, 0.4) is 0 Å². The fraction of sp³-hybridized carbons (Fsp3) is 0.611. The largest absolute Gasteiger partial charge is 0.395 e. The van der Waals surface area contributed by atoms with Crippen LogP contribution in [0.1, 0.15) is 45.7 Å². The number of aryl methyl sites for hydroxylation is 1. The molecular weight excluding hydrogens is 336 g/mol. The highest BCUT2D eigenvalue weighted by Gasteiger charge is 2.40. The third-order valence-electron chi connectivity index (χ3n) is 4.89. The summed E-state index contributed by atoms with van der Waals surface area (Å²) in [6.45, 7) is 3.90. The van der Waals surface area contributed by atoms with E-state index in [2.05, 4.69) is 9.88 Å². The Labute approximate surface area is 153 Å². The highest BCUT2D eigenvalue weighted by Crippen LogP contribution is 2.32. The van der Waals surface area contributed by atoms with Crippen LogP contribution in [-0.2, 0) is 0 Å². The minimum atomic E-state index is -0.348. The summed E-state index contributed by atoms with van der Waals surface area (Å²) in [5.74, 6) is -0.0787. The number of anilines is 1. The second-order valence-corrected chi connectivity index (χ2v) is 6.80. The lowest BCUT2D eigenvalue weighted by atomic mass is 10.1. The van der Waals surface area contributed by atoms with E-state index in [0.29, 0.717) is 16.9 Å². The third kappa shape index (κ3) is 3.58. The summed E-state index contributed by atoms with van der Waals surface area (Å²) in [4.78, 5) is 35.4. The van der Waals surface area contributed by atoms with Crippen LogP contribution in [0.4, 0.5) is 5.82 Å². The molecule has 8 nitrogen and oxygen atoms in total. The third-order valence-corrected chi connectivity index (χ3v) is 4.89. The Hall–Kier alpha value is -2.03. The number of aromatic nitrogens is 1. The van der Waals surface area contributed by atoms with Crippen LogP contribution >= 0.6 is 0 Å². The van der Waals surface area contributed by atoms with Crippen molar-refractivity contribution >= 4 is 17.6 Å². The monoisotopic (exact) mass is 362 g/mol. The molecule has 142 valence electrons. The number of imide groups is 1. The number of hydrogen-bond donors (Lipinski definition) is 2. The first kappa shape index (κ1) is 18.8. The molecule has 2 aliphatic rings. The summed E-state index contributed by atoms with van der Waals surface area (Å²) < 4.78 is 0. The average Bonchev–Trinajstić information content (AvgIpc) is 2.87. The highest BCUT2D eigenvalue weighted by molar-refractivity contribution is 6.23. The Balaban J connectivity index is 1.91. The minimum absolute atomic E-state index is 0.0476. The van der Waals surface area contributed by atoms with Gasteiger partial charge >= 0.3 is 0 Å². The van der Waals surface area contributed by atoms with E-state index in [0.717, 1.165) is 31.6 Å². The number of aliphatic hydroxyl groups excluding tert-OH is 2. The van der Waals surface area contributed by atoms with Crippen molar-refractivity contribution in [3.05, 3.63) is 22.9 Å². The molecule has 0 spiro atoms. The van der Waals surface area contributed by atoms with Gasteiger partial charge in [-0.3, -0.25) is 19.4 Å². The molecule has 0 saturated carbocycles. The molecule has 2 N–H and O–H groups in total. The van der Waals surface area contributed by atoms with E-state index >= 15 is 0 Å². The predicted molar refractivity (Wildman–Crippen MR) is 96.1 cm³/mol. The number of aliphatic hydroxyl groups is 2. The van der Waals surface area contributed by atoms with Gasteiger partial charge in [-0.2, -0.15) is 0 Å². The first-order valence-electron chi connectivity index (χ1n) is 9.13. The number of hydrogen-bond acceptors (Lipinski definition) is 7. The summed E-state index contributed by atoms with van der Waals surface area (Å²) >= 11 is 0. The Bertz CT molecular complexity index is 682. The molecule has 3 rings (SSSR count). The van der Waals surface area contributed by atoms with E-state index in [9.17, 15) is 9.59 Å². The van der Waals surface area contributed by atoms with Crippen molar-refractivity contribution < 1.29 is 19.8 Å². The molecule has 26 heavy (non-hydrogen) atoms. The predicted octanol–water partition coefficient (Wildman–Crippen LogP) is 0.220. The van der Waals surface area contributed by atoms with E-state index < -0.39 is 0 Å². The van der Waals surface area contributed by atoms with Crippen LogP contribution in [0, 0.1) is 6.92 Å². The molecule has 1 fully saturated rings. The number of carbonyl (C=O) groups excluding carboxylic acids is 2. The topological polar surface area (TPSA) is 97.2 Å². The lowest BCUT2D eigenvalue weighted by molar-refractivity contribution is 0.0492. The van der Waals surface area contributed by atoms with Crippen molar-refractivity contribution in [2.75, 3.05) is 51.0 Å². The van der Waals surface area contributed by atoms with Crippen molar-refractivity contribution in [2.24, 2.45) is 0 Å². The average molecular weight is 362 g/mol. The number of carbonyl (C=O) groups is 2. The number of rotatable bonds is 7. The first-order chi connectivity index (χ1) is 12.6. The van der Waals surface area contributed by atoms with Gasteiger partial charge in [0.05, 0.1) is 31.0 Å². The summed E-state index contributed by atoms with van der Waals surface area (Å²) in [5, 5.41) is 18.3. The van der Waals surface area contributed by atoms with Crippen LogP contribution < -0.4 is 4.90 Å². The standard InChI is InChI=1S/C18H26N4O4/c1-13-11-14-15(16(19-13)21-5-3-2-4-6-21)18(26)22(17(14)25)12-20(7-9-23)8-10-24/h11,23-24H,2-10,12H2,1H3. The molecule has 0 radical (unpaired) electrons. The van der Waals surface area contributed by atoms with Crippen LogP contribution in [0.15, 0.2) is 6.07 Å². The van der Waals surface area contributed by atoms with E-state index in [1.165, 1.54) is 11.3 Å². The van der Waals surface area contributed by atoms with Gasteiger partial charge < -0.3 is 15.1 Å². The van der Waals surface area contributed by atoms with Crippen LogP contribution in [0.25, 0.3) is 0 Å². The van der Waals surface area contributed by atoms with E-state index in [4.69, 9.17) is 10.2 Å². The Kier molecular flexibility index (Phi) is 5.85. The zero-order valence-corrected chi connectivity index (χ0v) is 15.1. The molecule has 8 heteroatoms. The molecule has 1 saturated heterocycles. The molecule has 1 aromatic rings. The summed E-state index contributed by atoms with van der Waals surface area (Å²) in [6.07, 6.45) is 3.27. The molecule has 2 aliphatic heterocycles. The van der Waals surface area contributed by atoms with E-state index in [1.807, 2.05) is 6.92 Å². The van der Waals surface area contributed by atoms with Crippen molar-refractivity contribution in [3.63, 3.8) is 0 Å². The normalized spacial score (nSPS) is 17.4. The maximum absolute atomic E-state index is 13.0. The lowest BCUT2D eigenvalue weighted by Crippen LogP contribution is -2.43. The van der Waals surface area contributed by atoms with Gasteiger partial charge in [0.25, 0.3) is 11.8 Å². The van der Waals surface area contributed by atoms with Gasteiger partial charge in [-0.1, -0.05) is 0 Å². The molecule has 0 aromatic carbocycles. The number of piperidine rings is 1. The maximum Gasteiger partial charge on any atom is 0.266 e. The van der Waals surface area contributed by atoms with Gasteiger partial charge in [0.15, 0.2) is 0 Å². The highest BCUT2D eigenvalue weighted by atomic mass is 16.3. The van der Waals surface area contributed by atoms with Gasteiger partial charge in [-0.25, -0.2) is 4.98 Å². The Morgan fingerprint density at radius 1 is 1.08 bits per heavy atom. The second-order valence-electron chi connectivity index (χ2n) is 6.80. The quantitative estimate of drug-likeness (QED) is 0.670. The Morgan fingerprint density at radius 3 is 2.35 bits per heavy atom. The number of pyridine rings is 1. The number of amides is 2. The molecule has 0 aliphatic carbocycles. The fourth-order valence-electron chi connectivity index (χ4n) is 3.61. The minimum Gasteiger partial charge on any atom is -0.395 e. The summed E-state index contributed by atoms with van der Waals surface area (Å²) in [5.41, 5.74) is 1.50. The van der Waals surface area contributed by atoms with Crippen molar-refractivity contribution in [1.82, 2.24) is 14.8 Å². The Morgan fingerprint density at radius 2 is 1.73 bits per heavy atom. The maximum atomic E-state index is 13.0. The number of nitrogens with zero attached hydrogens (tertiary/aromatic N) is 4. The molecule has 0 bridgehead atoms. The van der Waals surface area contributed by atoms with Crippen molar-refractivity contribution in [2.45, 2.75) is 26.2 Å². The molecule has 3 heterocycles. The molecular formula is C18H26N4O4. The molecule has 2 amide bonds. The summed E-state index contributed by atoms with van der Waals surface area (Å²) in [6, 6.07) is 1.67. The zero-order valence-electron chi connectivity index (χ0n) is 15.1. The van der Waals surface area contributed by atoms with Gasteiger partial charge in [0.2, 0.25) is 0 Å². The lowest BCUT2D eigenvalue weighted by Gasteiger charge is -2.29. The fourth-order valence-corrected chi connectivity index (χ4v) is 3.61. The van der Waals surface area contributed by atoms with Crippen molar-refractivity contribution in [3.8, 4) is 0 Å². The summed E-state index contributed by atoms with van der Waals surface area (Å²) in [7, 11) is 0. The molecule has 1 aromatic heterocycles. The van der Waals surface area contributed by atoms with E-state index in [1.54, 1.807) is 11.0 Å². The second kappa shape index (κ2) is 8.11. The van der Waals surface area contributed by atoms with Crippen molar-refractivity contribution in [1.29, 1.82) is 0 Å². The molecule has 0 unspecified atom stereocenters. The first-order valence-corrected chi connectivity index (χ1v) is 9.13. The van der Waals surface area contributed by atoms with Crippen LogP contribution in [-0.4, -0.2) is 82.9 Å². The van der Waals surface area contributed by atoms with E-state index in [-0.39, 0.29) is 44.8 Å². The van der Waals surface area contributed by atoms with Crippen LogP contribution in [0.5, 0.6) is 0 Å². The van der Waals surface area contributed by atoms with Gasteiger partial charge in [0, 0.05) is 31.9 Å². The van der Waals surface area contributed by atoms with Gasteiger partial charge in [-0.05, 0) is 32.3 Å². The van der Waals surface area contributed by atoms with Gasteiger partial charge in [0.1, 0.15) is 5.82 Å². The molecule has 0 atom stereocenters. The van der Waals surface area contributed by atoms with Crippen LogP contribution in [0.2, 0.25) is 0 Å².